The van der Waals surface area contributed by atoms with Crippen LogP contribution in [0.15, 0.2) is 76.3 Å². The second-order valence-electron chi connectivity index (χ2n) is 20.8. The summed E-state index contributed by atoms with van der Waals surface area (Å²) in [6.07, 6.45) is 4.66. The molecule has 0 spiro atoms. The Balaban J connectivity index is 0.640. The number of benzene rings is 2. The van der Waals surface area contributed by atoms with E-state index in [9.17, 15) is 24.0 Å². The van der Waals surface area contributed by atoms with Crippen LogP contribution in [0.1, 0.15) is 80.0 Å². The lowest BCUT2D eigenvalue weighted by Gasteiger charge is -2.47. The molecule has 4 fully saturated rings. The Morgan fingerprint density at radius 2 is 1.62 bits per heavy atom. The molecule has 4 aromatic rings. The van der Waals surface area contributed by atoms with E-state index in [1.54, 1.807) is 18.3 Å². The summed E-state index contributed by atoms with van der Waals surface area (Å²) >= 11 is 0. The summed E-state index contributed by atoms with van der Waals surface area (Å²) in [5.74, 6) is -5.37. The molecule has 22 heteroatoms. The van der Waals surface area contributed by atoms with Crippen molar-refractivity contribution >= 4 is 57.6 Å². The Kier molecular flexibility index (Phi) is 12.5. The number of aromatic amines is 1. The highest BCUT2D eigenvalue weighted by atomic mass is 19.3. The largest absolute Gasteiger partial charge is 0.371 e. The highest BCUT2D eigenvalue weighted by Gasteiger charge is 2.50. The Bertz CT molecular complexity index is 2940. The van der Waals surface area contributed by atoms with Crippen molar-refractivity contribution in [3.8, 4) is 11.3 Å². The molecule has 11 rings (SSSR count). The summed E-state index contributed by atoms with van der Waals surface area (Å²) < 4.78 is 32.0. The van der Waals surface area contributed by atoms with Gasteiger partial charge in [0.15, 0.2) is 0 Å². The zero-order valence-corrected chi connectivity index (χ0v) is 41.5. The van der Waals surface area contributed by atoms with Gasteiger partial charge in [0.25, 0.3) is 23.6 Å². The maximum absolute atomic E-state index is 16.0. The third-order valence-electron chi connectivity index (χ3n) is 16.5. The number of likely N-dealkylation sites (tertiary alicyclic amines) is 1. The van der Waals surface area contributed by atoms with Crippen LogP contribution in [0.2, 0.25) is 0 Å². The first-order chi connectivity index (χ1) is 35.1. The van der Waals surface area contributed by atoms with E-state index in [1.165, 1.54) is 0 Å². The fourth-order valence-corrected chi connectivity index (χ4v) is 12.0. The normalized spacial score (nSPS) is 25.0. The van der Waals surface area contributed by atoms with Crippen LogP contribution in [0.25, 0.3) is 22.2 Å². The molecule has 4 saturated heterocycles. The van der Waals surface area contributed by atoms with Crippen LogP contribution in [0, 0.1) is 11.8 Å². The van der Waals surface area contributed by atoms with Crippen molar-refractivity contribution in [1.29, 1.82) is 0 Å². The number of rotatable bonds is 11. The summed E-state index contributed by atoms with van der Waals surface area (Å²) in [6, 6.07) is 13.4. The van der Waals surface area contributed by atoms with Gasteiger partial charge in [0.1, 0.15) is 17.6 Å². The molecule has 4 N–H and O–H groups in total. The van der Waals surface area contributed by atoms with Crippen LogP contribution in [-0.2, 0) is 14.4 Å². The smallest absolute Gasteiger partial charge is 0.263 e. The molecule has 2 unspecified atom stereocenters. The van der Waals surface area contributed by atoms with Gasteiger partial charge in [-0.3, -0.25) is 44.2 Å². The number of halogens is 2. The summed E-state index contributed by atoms with van der Waals surface area (Å²) in [4.78, 5) is 80.7. The molecule has 7 aliphatic rings. The third-order valence-corrected chi connectivity index (χ3v) is 16.5. The summed E-state index contributed by atoms with van der Waals surface area (Å²) in [5, 5.41) is 24.2. The summed E-state index contributed by atoms with van der Waals surface area (Å²) in [6.45, 7) is 11.3. The highest BCUT2D eigenvalue weighted by Crippen LogP contribution is 2.40. The second-order valence-corrected chi connectivity index (χ2v) is 20.8. The molecular weight excluding hydrogens is 941 g/mol. The van der Waals surface area contributed by atoms with Gasteiger partial charge in [0, 0.05) is 99.4 Å². The fourth-order valence-electron chi connectivity index (χ4n) is 12.0. The lowest BCUT2D eigenvalue weighted by atomic mass is 9.88. The van der Waals surface area contributed by atoms with E-state index >= 15 is 8.78 Å². The van der Waals surface area contributed by atoms with Crippen molar-refractivity contribution in [1.82, 2.24) is 50.6 Å². The molecule has 7 aliphatic heterocycles. The SMILES string of the molecule is CC1=C(C(=O)Nc2ccc3[nH]nc(-c4ccnc(N5CCN(CC(F)(F)C6CCN(CC7CCN(c8ccc9c(c8)C(=O)N(C8CCC(=O)NC8=O)C9=O)CC7)CC6)CC5)c4)c3c2)[C@@H](C)N2NN=NC2(C)N1C. The number of H-pyrrole nitrogens is 1. The van der Waals surface area contributed by atoms with Crippen LogP contribution >= 0.6 is 0 Å². The number of piperazine rings is 1. The maximum atomic E-state index is 16.0. The Morgan fingerprint density at radius 1 is 0.863 bits per heavy atom. The number of anilines is 3. The van der Waals surface area contributed by atoms with Crippen molar-refractivity contribution < 1.29 is 32.8 Å². The number of hydrogen-bond donors (Lipinski definition) is 4. The van der Waals surface area contributed by atoms with Crippen LogP contribution in [0.3, 0.4) is 0 Å². The maximum Gasteiger partial charge on any atom is 0.263 e. The van der Waals surface area contributed by atoms with Gasteiger partial charge < -0.3 is 24.9 Å². The van der Waals surface area contributed by atoms with Crippen molar-refractivity contribution in [3.63, 3.8) is 0 Å². The van der Waals surface area contributed by atoms with Crippen LogP contribution in [0.5, 0.6) is 0 Å². The number of nitrogens with one attached hydrogen (secondary N) is 4. The van der Waals surface area contributed by atoms with E-state index in [1.807, 2.05) is 79.0 Å². The number of hydrazine groups is 1. The monoisotopic (exact) mass is 1000 g/mol. The quantitative estimate of drug-likeness (QED) is 0.149. The van der Waals surface area contributed by atoms with Gasteiger partial charge in [0.2, 0.25) is 17.6 Å². The average molecular weight is 1000 g/mol. The van der Waals surface area contributed by atoms with E-state index in [2.05, 4.69) is 56.4 Å². The number of carbonyl (C=O) groups excluding carboxylic acids is 5. The topological polar surface area (TPSA) is 210 Å². The Morgan fingerprint density at radius 3 is 2.37 bits per heavy atom. The fraction of sp³-hybridized carbons (Fsp3) is 0.510. The molecule has 9 heterocycles. The molecule has 20 nitrogen and oxygen atoms in total. The summed E-state index contributed by atoms with van der Waals surface area (Å²) in [5.41, 5.74) is 8.69. The number of alkyl halides is 2. The third kappa shape index (κ3) is 8.85. The minimum absolute atomic E-state index is 0.0672. The lowest BCUT2D eigenvalue weighted by molar-refractivity contribution is -0.136. The first-order valence-corrected chi connectivity index (χ1v) is 25.4. The van der Waals surface area contributed by atoms with Crippen molar-refractivity contribution in [2.45, 2.75) is 83.1 Å². The predicted molar refractivity (Wildman–Crippen MR) is 267 cm³/mol. The molecule has 2 aromatic carbocycles. The Labute approximate surface area is 421 Å². The predicted octanol–water partition coefficient (Wildman–Crippen LogP) is 4.82. The van der Waals surface area contributed by atoms with E-state index in [0.717, 1.165) is 71.0 Å². The minimum Gasteiger partial charge on any atom is -0.371 e. The number of amides is 5. The Hall–Kier alpha value is -6.91. The average Bonchev–Trinajstić information content (AvgIpc) is 4.07. The number of hydrogen-bond acceptors (Lipinski definition) is 16. The number of pyridine rings is 1. The standard InChI is InChI=1S/C51H61F2N15O5/c1-30-44(31(2)68-50(3,62(30)4)59-60-61-68)47(71)55-35-5-8-40-39(26-35)45(58-57-40)33-11-16-54-42(25-33)66-23-21-64(22-24-66)29-51(52,53)34-14-17-63(18-15-34)28-32-12-19-65(20-13-32)36-6-7-37-38(27-36)49(73)67(48(37)72)41-9-10-43(69)56-46(41)70/h5-8,11,16,25-27,31-32,34,41H,9-10,12-15,17-24,28-29H2,1-4H3,(H,55,71)(H,57,58)(H,59,61)(H,56,69,70)/t31-,41?,50?/m1/s1. The first-order valence-electron chi connectivity index (χ1n) is 25.4. The van der Waals surface area contributed by atoms with Gasteiger partial charge in [-0.25, -0.2) is 19.3 Å². The number of carbonyl (C=O) groups is 5. The van der Waals surface area contributed by atoms with Gasteiger partial charge >= 0.3 is 0 Å². The molecule has 0 saturated carbocycles. The van der Waals surface area contributed by atoms with Crippen molar-refractivity contribution in [2.24, 2.45) is 22.2 Å². The lowest BCUT2D eigenvalue weighted by Crippen LogP contribution is -2.63. The minimum atomic E-state index is -2.81. The molecular formula is C51H61F2N15O5. The molecule has 0 bridgehead atoms. The van der Waals surface area contributed by atoms with E-state index in [-0.39, 0.29) is 42.5 Å². The number of allylic oxidation sites excluding steroid dienone is 1. The second kappa shape index (κ2) is 18.9. The molecule has 5 amide bonds. The molecule has 0 radical (unpaired) electrons. The van der Waals surface area contributed by atoms with Crippen LogP contribution in [-0.4, -0.2) is 166 Å². The van der Waals surface area contributed by atoms with E-state index in [4.69, 9.17) is 0 Å². The number of nitrogens with zero attached hydrogens (tertiary/aromatic N) is 11. The van der Waals surface area contributed by atoms with E-state index < -0.39 is 47.3 Å². The summed E-state index contributed by atoms with van der Waals surface area (Å²) in [7, 11) is 1.89. The zero-order valence-electron chi connectivity index (χ0n) is 41.5. The van der Waals surface area contributed by atoms with Crippen molar-refractivity contribution in [3.05, 3.63) is 77.1 Å². The van der Waals surface area contributed by atoms with Gasteiger partial charge in [-0.05, 0) is 120 Å². The molecule has 2 aromatic heterocycles. The molecule has 0 aliphatic carbocycles. The molecule has 73 heavy (non-hydrogen) atoms. The van der Waals surface area contributed by atoms with Crippen LogP contribution < -0.4 is 26.0 Å². The van der Waals surface area contributed by atoms with Crippen LogP contribution in [0.4, 0.5) is 26.0 Å². The number of fused-ring (bicyclic) bond motifs is 3. The molecule has 3 atom stereocenters. The van der Waals surface area contributed by atoms with Gasteiger partial charge in [-0.15, -0.1) is 5.11 Å². The van der Waals surface area contributed by atoms with Gasteiger partial charge in [-0.2, -0.15) is 10.1 Å². The zero-order chi connectivity index (χ0) is 50.9. The van der Waals surface area contributed by atoms with Crippen molar-refractivity contribution in [2.75, 3.05) is 87.6 Å². The molecule has 384 valence electrons. The number of imide groups is 2. The van der Waals surface area contributed by atoms with Gasteiger partial charge in [0.05, 0.1) is 34.8 Å². The van der Waals surface area contributed by atoms with Gasteiger partial charge in [-0.1, -0.05) is 5.22 Å². The number of piperidine rings is 3. The highest BCUT2D eigenvalue weighted by molar-refractivity contribution is 6.23. The van der Waals surface area contributed by atoms with E-state index in [0.29, 0.717) is 75.0 Å². The number of aromatic nitrogens is 3. The first kappa shape index (κ1) is 48.4.